The Bertz CT molecular complexity index is 581. The summed E-state index contributed by atoms with van der Waals surface area (Å²) in [7, 11) is 0.996. The third kappa shape index (κ3) is 3.53. The van der Waals surface area contributed by atoms with Gasteiger partial charge in [0.05, 0.1) is 24.7 Å². The molecule has 5 nitrogen and oxygen atoms in total. The van der Waals surface area contributed by atoms with E-state index in [0.29, 0.717) is 0 Å². The Morgan fingerprint density at radius 3 is 2.30 bits per heavy atom. The molecule has 2 rings (SSSR count). The van der Waals surface area contributed by atoms with Gasteiger partial charge in [-0.3, -0.25) is 4.79 Å². The summed E-state index contributed by atoms with van der Waals surface area (Å²) in [6.07, 6.45) is -0.0664. The summed E-state index contributed by atoms with van der Waals surface area (Å²) in [6, 6.07) is 5.71. The number of aliphatic carboxylic acids is 1. The summed E-state index contributed by atoms with van der Waals surface area (Å²) < 4.78 is 17.5. The first kappa shape index (κ1) is 17.8. The molecule has 1 aliphatic heterocycles. The number of hydrogen-bond acceptors (Lipinski definition) is 4. The van der Waals surface area contributed by atoms with Crippen molar-refractivity contribution in [1.29, 1.82) is 0 Å². The minimum absolute atomic E-state index is 0.0664. The van der Waals surface area contributed by atoms with Crippen molar-refractivity contribution in [3.05, 3.63) is 29.3 Å². The van der Waals surface area contributed by atoms with Gasteiger partial charge in [0.1, 0.15) is 5.75 Å². The number of hydrogen-bond donors (Lipinski definition) is 1. The zero-order valence-corrected chi connectivity index (χ0v) is 14.7. The van der Waals surface area contributed by atoms with Crippen molar-refractivity contribution in [2.24, 2.45) is 0 Å². The molecule has 0 radical (unpaired) electrons. The van der Waals surface area contributed by atoms with Crippen LogP contribution in [0.25, 0.3) is 0 Å². The normalized spacial score (nSPS) is 20.3. The van der Waals surface area contributed by atoms with Crippen molar-refractivity contribution < 1.29 is 23.9 Å². The molecule has 0 aromatic heterocycles. The van der Waals surface area contributed by atoms with E-state index in [9.17, 15) is 9.90 Å². The molecule has 0 bridgehead atoms. The Labute approximate surface area is 138 Å². The summed E-state index contributed by atoms with van der Waals surface area (Å²) in [5.41, 5.74) is 0.847. The number of benzene rings is 1. The maximum atomic E-state index is 11.3. The second kappa shape index (κ2) is 6.17. The molecule has 1 atom stereocenters. The molecule has 1 unspecified atom stereocenters. The van der Waals surface area contributed by atoms with E-state index >= 15 is 0 Å². The van der Waals surface area contributed by atoms with Gasteiger partial charge in [-0.05, 0) is 51.8 Å². The van der Waals surface area contributed by atoms with Crippen LogP contribution in [0.5, 0.6) is 5.75 Å². The van der Waals surface area contributed by atoms with Gasteiger partial charge in [0.2, 0.25) is 0 Å². The van der Waals surface area contributed by atoms with Crippen molar-refractivity contribution in [3.63, 3.8) is 0 Å². The average molecular weight is 320 g/mol. The largest absolute Gasteiger partial charge is 0.496 e. The zero-order valence-electron chi connectivity index (χ0n) is 14.7. The number of methoxy groups -OCH3 is 1. The van der Waals surface area contributed by atoms with Crippen LogP contribution < -0.4 is 4.74 Å². The molecule has 23 heavy (non-hydrogen) atoms. The molecular formula is C17H25BO5. The van der Waals surface area contributed by atoms with E-state index in [-0.39, 0.29) is 6.42 Å². The lowest BCUT2D eigenvalue weighted by molar-refractivity contribution is -0.137. The van der Waals surface area contributed by atoms with Crippen LogP contribution in [0.3, 0.4) is 0 Å². The molecule has 6 heteroatoms. The first-order chi connectivity index (χ1) is 10.6. The number of carboxylic acids is 1. The molecule has 0 amide bonds. The summed E-state index contributed by atoms with van der Waals surface area (Å²) in [5.74, 6) is -0.554. The van der Waals surface area contributed by atoms with E-state index < -0.39 is 30.1 Å². The Hall–Kier alpha value is -1.53. The van der Waals surface area contributed by atoms with Crippen molar-refractivity contribution in [3.8, 4) is 5.75 Å². The summed E-state index contributed by atoms with van der Waals surface area (Å²) >= 11 is 0. The predicted molar refractivity (Wildman–Crippen MR) is 88.8 cm³/mol. The molecule has 126 valence electrons. The number of carbonyl (C=O) groups is 1. The summed E-state index contributed by atoms with van der Waals surface area (Å²) in [6.45, 7) is 9.78. The van der Waals surface area contributed by atoms with E-state index in [0.717, 1.165) is 16.9 Å². The van der Waals surface area contributed by atoms with Crippen molar-refractivity contribution >= 4 is 13.1 Å². The fourth-order valence-electron chi connectivity index (χ4n) is 2.68. The monoisotopic (exact) mass is 320 g/mol. The molecule has 1 saturated heterocycles. The highest BCUT2D eigenvalue weighted by Gasteiger charge is 2.54. The van der Waals surface area contributed by atoms with Crippen LogP contribution in [0.4, 0.5) is 0 Å². The number of aryl methyl sites for hydroxylation is 1. The first-order valence-corrected chi connectivity index (χ1v) is 7.79. The van der Waals surface area contributed by atoms with Gasteiger partial charge in [-0.25, -0.2) is 0 Å². The van der Waals surface area contributed by atoms with E-state index in [2.05, 4.69) is 0 Å². The summed E-state index contributed by atoms with van der Waals surface area (Å²) in [4.78, 5) is 11.3. The Balaban J connectivity index is 2.37. The topological polar surface area (TPSA) is 65.0 Å². The Morgan fingerprint density at radius 2 is 1.83 bits per heavy atom. The number of rotatable bonds is 5. The predicted octanol–water partition coefficient (Wildman–Crippen LogP) is 3.19. The van der Waals surface area contributed by atoms with Gasteiger partial charge >= 0.3 is 13.1 Å². The molecule has 0 spiro atoms. The standard InChI is InChI=1S/C17H25BO5/c1-11-7-8-12(9-14(11)21-6)13(10-15(19)20)18-22-16(2,3)17(4,5)23-18/h7-9,13H,10H2,1-6H3,(H,19,20). The molecule has 0 aliphatic carbocycles. The van der Waals surface area contributed by atoms with Crippen LogP contribution in [0.15, 0.2) is 18.2 Å². The summed E-state index contributed by atoms with van der Waals surface area (Å²) in [5, 5.41) is 9.30. The zero-order chi connectivity index (χ0) is 17.4. The van der Waals surface area contributed by atoms with Gasteiger partial charge in [0.15, 0.2) is 0 Å². The maximum absolute atomic E-state index is 11.3. The molecule has 1 heterocycles. The van der Waals surface area contributed by atoms with Crippen LogP contribution in [-0.4, -0.2) is 36.5 Å². The third-order valence-electron chi connectivity index (χ3n) is 4.85. The van der Waals surface area contributed by atoms with Crippen molar-refractivity contribution in [2.45, 2.75) is 58.1 Å². The average Bonchev–Trinajstić information content (AvgIpc) is 2.65. The highest BCUT2D eigenvalue weighted by Crippen LogP contribution is 2.42. The quantitative estimate of drug-likeness (QED) is 0.844. The SMILES string of the molecule is COc1cc(C(CC(=O)O)B2OC(C)(C)C(C)(C)O2)ccc1C. The van der Waals surface area contributed by atoms with Crippen LogP contribution in [0, 0.1) is 6.92 Å². The first-order valence-electron chi connectivity index (χ1n) is 7.79. The Kier molecular flexibility index (Phi) is 4.78. The lowest BCUT2D eigenvalue weighted by atomic mass is 9.66. The van der Waals surface area contributed by atoms with E-state index in [1.165, 1.54) is 0 Å². The minimum atomic E-state index is -0.885. The van der Waals surface area contributed by atoms with Crippen LogP contribution >= 0.6 is 0 Å². The molecular weight excluding hydrogens is 295 g/mol. The lowest BCUT2D eigenvalue weighted by Crippen LogP contribution is -2.41. The smallest absolute Gasteiger partial charge is 0.466 e. The fourth-order valence-corrected chi connectivity index (χ4v) is 2.68. The molecule has 1 aromatic carbocycles. The van der Waals surface area contributed by atoms with Crippen molar-refractivity contribution in [1.82, 2.24) is 0 Å². The van der Waals surface area contributed by atoms with Gasteiger partial charge < -0.3 is 19.2 Å². The second-order valence-corrected chi connectivity index (χ2v) is 7.06. The van der Waals surface area contributed by atoms with Gasteiger partial charge in [-0.1, -0.05) is 12.1 Å². The molecule has 1 aliphatic rings. The van der Waals surface area contributed by atoms with Crippen LogP contribution in [-0.2, 0) is 14.1 Å². The molecule has 1 fully saturated rings. The van der Waals surface area contributed by atoms with E-state index in [1.807, 2.05) is 52.8 Å². The molecule has 0 saturated carbocycles. The third-order valence-corrected chi connectivity index (χ3v) is 4.85. The maximum Gasteiger partial charge on any atom is 0.466 e. The van der Waals surface area contributed by atoms with Gasteiger partial charge in [-0.15, -0.1) is 0 Å². The van der Waals surface area contributed by atoms with E-state index in [1.54, 1.807) is 7.11 Å². The van der Waals surface area contributed by atoms with Crippen LogP contribution in [0.2, 0.25) is 0 Å². The van der Waals surface area contributed by atoms with Gasteiger partial charge in [-0.2, -0.15) is 0 Å². The highest BCUT2D eigenvalue weighted by molar-refractivity contribution is 6.48. The number of carboxylic acid groups (broad SMARTS) is 1. The Morgan fingerprint density at radius 1 is 1.26 bits per heavy atom. The minimum Gasteiger partial charge on any atom is -0.496 e. The molecule has 1 N–H and O–H groups in total. The van der Waals surface area contributed by atoms with E-state index in [4.69, 9.17) is 14.0 Å². The lowest BCUT2D eigenvalue weighted by Gasteiger charge is -2.32. The second-order valence-electron chi connectivity index (χ2n) is 7.06. The number of ether oxygens (including phenoxy) is 1. The highest BCUT2D eigenvalue weighted by atomic mass is 16.7. The fraction of sp³-hybridized carbons (Fsp3) is 0.588. The van der Waals surface area contributed by atoms with Gasteiger partial charge in [0, 0.05) is 5.82 Å². The molecule has 1 aromatic rings. The van der Waals surface area contributed by atoms with Gasteiger partial charge in [0.25, 0.3) is 0 Å². The van der Waals surface area contributed by atoms with Crippen LogP contribution in [0.1, 0.15) is 51.1 Å². The van der Waals surface area contributed by atoms with Crippen molar-refractivity contribution in [2.75, 3.05) is 7.11 Å².